The number of carbonyl (C=O) groups is 2. The van der Waals surface area contributed by atoms with Gasteiger partial charge in [0.15, 0.2) is 0 Å². The number of benzene rings is 1. The number of piperazine rings is 1. The summed E-state index contributed by atoms with van der Waals surface area (Å²) in [4.78, 5) is 25.7. The van der Waals surface area contributed by atoms with Crippen LogP contribution in [0.25, 0.3) is 0 Å². The highest BCUT2D eigenvalue weighted by Crippen LogP contribution is 2.46. The van der Waals surface area contributed by atoms with Gasteiger partial charge >= 0.3 is 0 Å². The molecule has 2 amide bonds. The molecule has 0 spiro atoms. The first-order valence-electron chi connectivity index (χ1n) is 6.86. The minimum Gasteiger partial charge on any atom is -0.345 e. The van der Waals surface area contributed by atoms with Crippen molar-refractivity contribution in [3.05, 3.63) is 35.9 Å². The van der Waals surface area contributed by atoms with Crippen LogP contribution in [0.15, 0.2) is 30.3 Å². The van der Waals surface area contributed by atoms with Crippen molar-refractivity contribution in [3.8, 4) is 0 Å². The predicted molar refractivity (Wildman–Crippen MR) is 71.5 cm³/mol. The van der Waals surface area contributed by atoms with E-state index in [1.807, 2.05) is 30.0 Å². The van der Waals surface area contributed by atoms with Crippen LogP contribution in [0.4, 0.5) is 0 Å². The van der Waals surface area contributed by atoms with Gasteiger partial charge in [-0.15, -0.1) is 0 Å². The molecule has 4 nitrogen and oxygen atoms in total. The number of hydrogen-bond acceptors (Lipinski definition) is 2. The van der Waals surface area contributed by atoms with Crippen LogP contribution in [0.5, 0.6) is 0 Å². The van der Waals surface area contributed by atoms with Gasteiger partial charge in [0, 0.05) is 12.0 Å². The van der Waals surface area contributed by atoms with Crippen LogP contribution in [0.1, 0.15) is 31.2 Å². The first kappa shape index (κ1) is 12.2. The fourth-order valence-electron chi connectivity index (χ4n) is 3.02. The Labute approximate surface area is 112 Å². The van der Waals surface area contributed by atoms with Gasteiger partial charge in [-0.1, -0.05) is 37.3 Å². The second kappa shape index (κ2) is 4.68. The Bertz CT molecular complexity index is 500. The van der Waals surface area contributed by atoms with Crippen LogP contribution in [0.3, 0.4) is 0 Å². The van der Waals surface area contributed by atoms with E-state index in [0.29, 0.717) is 12.3 Å². The topological polar surface area (TPSA) is 49.4 Å². The third-order valence-corrected chi connectivity index (χ3v) is 4.07. The summed E-state index contributed by atoms with van der Waals surface area (Å²) < 4.78 is 0. The number of carbonyl (C=O) groups excluding carboxylic acids is 2. The number of nitrogens with one attached hydrogen (secondary N) is 1. The number of nitrogens with zero attached hydrogens (tertiary/aromatic N) is 1. The smallest absolute Gasteiger partial charge is 0.243 e. The molecule has 0 radical (unpaired) electrons. The Morgan fingerprint density at radius 3 is 2.68 bits per heavy atom. The quantitative estimate of drug-likeness (QED) is 0.888. The molecular weight excluding hydrogens is 240 g/mol. The van der Waals surface area contributed by atoms with Crippen LogP contribution in [0.2, 0.25) is 0 Å². The number of rotatable bonds is 3. The molecule has 1 aliphatic heterocycles. The van der Waals surface area contributed by atoms with Gasteiger partial charge in [0.25, 0.3) is 0 Å². The van der Waals surface area contributed by atoms with Gasteiger partial charge in [0.2, 0.25) is 11.8 Å². The molecule has 100 valence electrons. The Morgan fingerprint density at radius 2 is 2.00 bits per heavy atom. The zero-order valence-electron chi connectivity index (χ0n) is 11.0. The summed E-state index contributed by atoms with van der Waals surface area (Å²) in [5.74, 6) is 0.431. The van der Waals surface area contributed by atoms with E-state index >= 15 is 0 Å². The summed E-state index contributed by atoms with van der Waals surface area (Å²) in [5, 5.41) is 2.67. The van der Waals surface area contributed by atoms with Crippen molar-refractivity contribution in [3.63, 3.8) is 0 Å². The molecule has 1 aliphatic carbocycles. The third-order valence-electron chi connectivity index (χ3n) is 4.07. The monoisotopic (exact) mass is 258 g/mol. The molecule has 0 bridgehead atoms. The normalized spacial score (nSPS) is 30.2. The molecule has 19 heavy (non-hydrogen) atoms. The maximum Gasteiger partial charge on any atom is 0.243 e. The molecule has 1 aromatic rings. The van der Waals surface area contributed by atoms with Crippen LogP contribution >= 0.6 is 0 Å². The maximum atomic E-state index is 12.1. The lowest BCUT2D eigenvalue weighted by atomic mass is 10.1. The highest BCUT2D eigenvalue weighted by molar-refractivity contribution is 5.95. The SMILES string of the molecule is CCC1C(=O)NCC(=O)N1C1CC1c1ccccc1. The van der Waals surface area contributed by atoms with E-state index in [0.717, 1.165) is 6.42 Å². The van der Waals surface area contributed by atoms with Gasteiger partial charge in [0.1, 0.15) is 6.04 Å². The minimum atomic E-state index is -0.292. The summed E-state index contributed by atoms with van der Waals surface area (Å²) in [6, 6.07) is 10.1. The summed E-state index contributed by atoms with van der Waals surface area (Å²) in [7, 11) is 0. The molecule has 1 aromatic carbocycles. The van der Waals surface area contributed by atoms with E-state index in [-0.39, 0.29) is 30.4 Å². The Balaban J connectivity index is 1.79. The average molecular weight is 258 g/mol. The first-order valence-corrected chi connectivity index (χ1v) is 6.86. The molecule has 4 heteroatoms. The first-order chi connectivity index (χ1) is 9.22. The van der Waals surface area contributed by atoms with Crippen LogP contribution in [-0.2, 0) is 9.59 Å². The Morgan fingerprint density at radius 1 is 1.26 bits per heavy atom. The van der Waals surface area contributed by atoms with E-state index in [1.54, 1.807) is 0 Å². The van der Waals surface area contributed by atoms with E-state index in [4.69, 9.17) is 0 Å². The standard InChI is InChI=1S/C15H18N2O2/c1-2-12-15(19)16-9-14(18)17(12)13-8-11(13)10-6-4-3-5-7-10/h3-7,11-13H,2,8-9H2,1H3,(H,16,19). The van der Waals surface area contributed by atoms with Crippen LogP contribution in [0, 0.1) is 0 Å². The summed E-state index contributed by atoms with van der Waals surface area (Å²) in [5.41, 5.74) is 1.26. The Hall–Kier alpha value is -1.84. The molecule has 1 N–H and O–H groups in total. The zero-order valence-corrected chi connectivity index (χ0v) is 11.0. The lowest BCUT2D eigenvalue weighted by Crippen LogP contribution is -2.59. The lowest BCUT2D eigenvalue weighted by Gasteiger charge is -2.35. The minimum absolute atomic E-state index is 0.0131. The van der Waals surface area contributed by atoms with Crippen molar-refractivity contribution in [2.75, 3.05) is 6.54 Å². The van der Waals surface area contributed by atoms with Gasteiger partial charge < -0.3 is 10.2 Å². The highest BCUT2D eigenvalue weighted by atomic mass is 16.2. The summed E-state index contributed by atoms with van der Waals surface area (Å²) >= 11 is 0. The molecule has 3 atom stereocenters. The fourth-order valence-corrected chi connectivity index (χ4v) is 3.02. The molecule has 2 aliphatic rings. The molecule has 3 rings (SSSR count). The Kier molecular flexibility index (Phi) is 3.01. The molecule has 2 fully saturated rings. The lowest BCUT2D eigenvalue weighted by molar-refractivity contribution is -0.146. The maximum absolute atomic E-state index is 12.1. The van der Waals surface area contributed by atoms with Crippen LogP contribution in [-0.4, -0.2) is 35.3 Å². The van der Waals surface area contributed by atoms with E-state index in [1.165, 1.54) is 5.56 Å². The van der Waals surface area contributed by atoms with Crippen molar-refractivity contribution >= 4 is 11.8 Å². The molecular formula is C15H18N2O2. The zero-order chi connectivity index (χ0) is 13.4. The van der Waals surface area contributed by atoms with Gasteiger partial charge in [-0.05, 0) is 18.4 Å². The van der Waals surface area contributed by atoms with E-state index in [9.17, 15) is 9.59 Å². The molecule has 0 aromatic heterocycles. The second-order valence-electron chi connectivity index (χ2n) is 5.26. The largest absolute Gasteiger partial charge is 0.345 e. The molecule has 1 saturated carbocycles. The van der Waals surface area contributed by atoms with Gasteiger partial charge in [0.05, 0.1) is 6.54 Å². The highest BCUT2D eigenvalue weighted by Gasteiger charge is 2.49. The summed E-state index contributed by atoms with van der Waals surface area (Å²) in [6.07, 6.45) is 1.65. The van der Waals surface area contributed by atoms with Crippen molar-refractivity contribution in [2.24, 2.45) is 0 Å². The molecule has 1 saturated heterocycles. The van der Waals surface area contributed by atoms with E-state index < -0.39 is 0 Å². The number of hydrogen-bond donors (Lipinski definition) is 1. The van der Waals surface area contributed by atoms with Crippen molar-refractivity contribution in [1.82, 2.24) is 10.2 Å². The van der Waals surface area contributed by atoms with Gasteiger partial charge in [-0.25, -0.2) is 0 Å². The van der Waals surface area contributed by atoms with Crippen LogP contribution < -0.4 is 5.32 Å². The van der Waals surface area contributed by atoms with Gasteiger partial charge in [-0.2, -0.15) is 0 Å². The molecule has 3 unspecified atom stereocenters. The van der Waals surface area contributed by atoms with Gasteiger partial charge in [-0.3, -0.25) is 9.59 Å². The van der Waals surface area contributed by atoms with Crippen molar-refractivity contribution < 1.29 is 9.59 Å². The number of amides is 2. The van der Waals surface area contributed by atoms with Crippen molar-refractivity contribution in [1.29, 1.82) is 0 Å². The fraction of sp³-hybridized carbons (Fsp3) is 0.467. The summed E-state index contributed by atoms with van der Waals surface area (Å²) in [6.45, 7) is 2.10. The van der Waals surface area contributed by atoms with E-state index in [2.05, 4.69) is 17.4 Å². The third kappa shape index (κ3) is 2.11. The van der Waals surface area contributed by atoms with Crippen molar-refractivity contribution in [2.45, 2.75) is 37.8 Å². The second-order valence-corrected chi connectivity index (χ2v) is 5.26. The predicted octanol–water partition coefficient (Wildman–Crippen LogP) is 1.28. The average Bonchev–Trinajstić information content (AvgIpc) is 3.22. The molecule has 1 heterocycles.